The van der Waals surface area contributed by atoms with E-state index in [1.165, 1.54) is 0 Å². The second-order valence-electron chi connectivity index (χ2n) is 6.86. The van der Waals surface area contributed by atoms with Crippen LogP contribution >= 0.6 is 0 Å². The molecule has 0 spiro atoms. The zero-order chi connectivity index (χ0) is 14.3. The molecule has 1 aromatic heterocycles. The van der Waals surface area contributed by atoms with Gasteiger partial charge in [0.25, 0.3) is 5.91 Å². The average molecular weight is 276 g/mol. The van der Waals surface area contributed by atoms with Crippen molar-refractivity contribution in [3.63, 3.8) is 0 Å². The van der Waals surface area contributed by atoms with Gasteiger partial charge in [-0.05, 0) is 45.2 Å². The maximum absolute atomic E-state index is 12.5. The summed E-state index contributed by atoms with van der Waals surface area (Å²) in [5.74, 6) is 0.530. The van der Waals surface area contributed by atoms with Gasteiger partial charge in [-0.2, -0.15) is 5.10 Å². The minimum atomic E-state index is 0.0360. The lowest BCUT2D eigenvalue weighted by molar-refractivity contribution is 0.0933. The van der Waals surface area contributed by atoms with Gasteiger partial charge in [0, 0.05) is 24.7 Å². The Morgan fingerprint density at radius 3 is 2.90 bits per heavy atom. The highest BCUT2D eigenvalue weighted by molar-refractivity contribution is 5.96. The highest BCUT2D eigenvalue weighted by Gasteiger charge is 2.34. The van der Waals surface area contributed by atoms with Crippen molar-refractivity contribution >= 4 is 5.91 Å². The second-order valence-corrected chi connectivity index (χ2v) is 6.86. The van der Waals surface area contributed by atoms with Gasteiger partial charge in [-0.25, -0.2) is 0 Å². The Morgan fingerprint density at radius 1 is 1.55 bits per heavy atom. The summed E-state index contributed by atoms with van der Waals surface area (Å²) in [6.45, 7) is 7.09. The normalized spacial score (nSPS) is 26.9. The number of nitrogens with one attached hydrogen (secondary N) is 2. The van der Waals surface area contributed by atoms with Crippen molar-refractivity contribution < 1.29 is 4.79 Å². The minimum absolute atomic E-state index is 0.0360. The van der Waals surface area contributed by atoms with Crippen LogP contribution in [-0.2, 0) is 0 Å². The Hall–Kier alpha value is -1.36. The fraction of sp³-hybridized carbons (Fsp3) is 0.733. The monoisotopic (exact) mass is 276 g/mol. The van der Waals surface area contributed by atoms with E-state index in [1.54, 1.807) is 0 Å². The first-order chi connectivity index (χ1) is 9.48. The summed E-state index contributed by atoms with van der Waals surface area (Å²) in [5.41, 5.74) is 2.83. The van der Waals surface area contributed by atoms with Crippen molar-refractivity contribution in [2.24, 2.45) is 5.41 Å². The number of amides is 1. The number of carbonyl (C=O) groups is 1. The van der Waals surface area contributed by atoms with Crippen LogP contribution in [0.3, 0.4) is 0 Å². The van der Waals surface area contributed by atoms with Gasteiger partial charge in [0.15, 0.2) is 0 Å². The van der Waals surface area contributed by atoms with E-state index in [4.69, 9.17) is 0 Å². The van der Waals surface area contributed by atoms with E-state index in [-0.39, 0.29) is 11.3 Å². The molecule has 2 aliphatic rings. The Kier molecular flexibility index (Phi) is 3.32. The van der Waals surface area contributed by atoms with Crippen molar-refractivity contribution in [2.45, 2.75) is 39.0 Å². The van der Waals surface area contributed by atoms with Crippen LogP contribution in [0.4, 0.5) is 0 Å². The van der Waals surface area contributed by atoms with Crippen LogP contribution in [0.1, 0.15) is 53.8 Å². The maximum Gasteiger partial charge on any atom is 0.255 e. The minimum Gasteiger partial charge on any atom is -0.351 e. The average Bonchev–Trinajstić information content (AvgIpc) is 3.09. The van der Waals surface area contributed by atoms with Crippen molar-refractivity contribution in [3.05, 3.63) is 17.0 Å². The number of aryl methyl sites for hydroxylation is 1. The summed E-state index contributed by atoms with van der Waals surface area (Å²) in [5, 5.41) is 10.4. The first-order valence-corrected chi connectivity index (χ1v) is 7.50. The Balaban J connectivity index is 1.66. The van der Waals surface area contributed by atoms with Crippen molar-refractivity contribution in [2.75, 3.05) is 26.7 Å². The molecule has 5 nitrogen and oxygen atoms in total. The number of aromatic amines is 1. The standard InChI is InChI=1S/C15H24N4O/c1-10-12(13(18-17-10)11-4-5-11)14(20)16-8-15(2)6-7-19(3)9-15/h11H,4-9H2,1-3H3,(H,16,20)(H,17,18)/t15-/m1/s1. The number of hydrogen-bond donors (Lipinski definition) is 2. The van der Waals surface area contributed by atoms with Crippen molar-refractivity contribution in [1.82, 2.24) is 20.4 Å². The lowest BCUT2D eigenvalue weighted by atomic mass is 9.89. The molecule has 1 aliphatic heterocycles. The van der Waals surface area contributed by atoms with Gasteiger partial charge in [0.05, 0.1) is 11.3 Å². The molecular weight excluding hydrogens is 252 g/mol. The molecule has 1 atom stereocenters. The SMILES string of the molecule is Cc1[nH]nc(C2CC2)c1C(=O)NC[C@@]1(C)CCN(C)C1. The molecular formula is C15H24N4O. The van der Waals surface area contributed by atoms with Crippen molar-refractivity contribution in [3.8, 4) is 0 Å². The van der Waals surface area contributed by atoms with Crippen LogP contribution < -0.4 is 5.32 Å². The maximum atomic E-state index is 12.5. The smallest absolute Gasteiger partial charge is 0.255 e. The van der Waals surface area contributed by atoms with E-state index in [0.29, 0.717) is 5.92 Å². The molecule has 0 radical (unpaired) electrons. The van der Waals surface area contributed by atoms with Gasteiger partial charge in [-0.1, -0.05) is 6.92 Å². The highest BCUT2D eigenvalue weighted by Crippen LogP contribution is 2.41. The number of carbonyl (C=O) groups excluding carboxylic acids is 1. The van der Waals surface area contributed by atoms with Crippen LogP contribution in [0.2, 0.25) is 0 Å². The number of rotatable bonds is 4. The van der Waals surface area contributed by atoms with E-state index in [9.17, 15) is 4.79 Å². The lowest BCUT2D eigenvalue weighted by Gasteiger charge is -2.24. The summed E-state index contributed by atoms with van der Waals surface area (Å²) >= 11 is 0. The second kappa shape index (κ2) is 4.88. The molecule has 1 aromatic rings. The summed E-state index contributed by atoms with van der Waals surface area (Å²) in [7, 11) is 2.14. The molecule has 2 N–H and O–H groups in total. The van der Waals surface area contributed by atoms with Crippen LogP contribution in [0.25, 0.3) is 0 Å². The first kappa shape index (κ1) is 13.6. The Labute approximate surface area is 120 Å². The zero-order valence-electron chi connectivity index (χ0n) is 12.6. The number of hydrogen-bond acceptors (Lipinski definition) is 3. The third kappa shape index (κ3) is 2.59. The lowest BCUT2D eigenvalue weighted by Crippen LogP contribution is -2.37. The van der Waals surface area contributed by atoms with E-state index >= 15 is 0 Å². The van der Waals surface area contributed by atoms with E-state index < -0.39 is 0 Å². The van der Waals surface area contributed by atoms with E-state index in [2.05, 4.69) is 34.4 Å². The van der Waals surface area contributed by atoms with E-state index in [0.717, 1.165) is 55.8 Å². The van der Waals surface area contributed by atoms with Gasteiger partial charge >= 0.3 is 0 Å². The molecule has 0 bridgehead atoms. The molecule has 0 aromatic carbocycles. The highest BCUT2D eigenvalue weighted by atomic mass is 16.1. The number of nitrogens with zero attached hydrogens (tertiary/aromatic N) is 2. The molecule has 1 aliphatic carbocycles. The third-order valence-corrected chi connectivity index (χ3v) is 4.59. The van der Waals surface area contributed by atoms with Crippen LogP contribution in [0, 0.1) is 12.3 Å². The van der Waals surface area contributed by atoms with Crippen LogP contribution in [0.5, 0.6) is 0 Å². The van der Waals surface area contributed by atoms with Gasteiger partial charge in [-0.15, -0.1) is 0 Å². The fourth-order valence-corrected chi connectivity index (χ4v) is 3.18. The molecule has 1 saturated heterocycles. The number of likely N-dealkylation sites (tertiary alicyclic amines) is 1. The number of H-pyrrole nitrogens is 1. The third-order valence-electron chi connectivity index (χ3n) is 4.59. The van der Waals surface area contributed by atoms with Gasteiger partial charge < -0.3 is 10.2 Å². The van der Waals surface area contributed by atoms with Crippen LogP contribution in [0.15, 0.2) is 0 Å². The molecule has 2 heterocycles. The zero-order valence-corrected chi connectivity index (χ0v) is 12.6. The molecule has 5 heteroatoms. The summed E-state index contributed by atoms with van der Waals surface area (Å²) in [6, 6.07) is 0. The van der Waals surface area contributed by atoms with Crippen LogP contribution in [-0.4, -0.2) is 47.7 Å². The van der Waals surface area contributed by atoms with Crippen molar-refractivity contribution in [1.29, 1.82) is 0 Å². The topological polar surface area (TPSA) is 61.0 Å². The first-order valence-electron chi connectivity index (χ1n) is 7.50. The summed E-state index contributed by atoms with van der Waals surface area (Å²) in [6.07, 6.45) is 3.46. The van der Waals surface area contributed by atoms with Gasteiger partial charge in [-0.3, -0.25) is 9.89 Å². The number of aromatic nitrogens is 2. The largest absolute Gasteiger partial charge is 0.351 e. The predicted octanol–water partition coefficient (Wildman–Crippen LogP) is 1.67. The molecule has 1 amide bonds. The Bertz CT molecular complexity index is 520. The molecule has 110 valence electrons. The summed E-state index contributed by atoms with van der Waals surface area (Å²) < 4.78 is 0. The molecule has 2 fully saturated rings. The van der Waals surface area contributed by atoms with Gasteiger partial charge in [0.1, 0.15) is 0 Å². The van der Waals surface area contributed by atoms with Gasteiger partial charge in [0.2, 0.25) is 0 Å². The predicted molar refractivity (Wildman–Crippen MR) is 77.9 cm³/mol. The van der Waals surface area contributed by atoms with E-state index in [1.807, 2.05) is 6.92 Å². The fourth-order valence-electron chi connectivity index (χ4n) is 3.18. The molecule has 20 heavy (non-hydrogen) atoms. The quantitative estimate of drug-likeness (QED) is 0.879. The molecule has 3 rings (SSSR count). The molecule has 0 unspecified atom stereocenters. The molecule has 1 saturated carbocycles. The summed E-state index contributed by atoms with van der Waals surface area (Å²) in [4.78, 5) is 14.8. The Morgan fingerprint density at radius 2 is 2.30 bits per heavy atom.